The fraction of sp³-hybridized carbons (Fsp3) is 0.227. The van der Waals surface area contributed by atoms with Gasteiger partial charge in [-0.2, -0.15) is 9.41 Å². The molecule has 10 heteroatoms. The number of carbonyl (C=O) groups excluding carboxylic acids is 2. The molecule has 1 aliphatic heterocycles. The van der Waals surface area contributed by atoms with Crippen LogP contribution in [0, 0.1) is 0 Å². The highest BCUT2D eigenvalue weighted by molar-refractivity contribution is 7.89. The van der Waals surface area contributed by atoms with E-state index in [9.17, 15) is 18.0 Å². The number of hydrazone groups is 1. The van der Waals surface area contributed by atoms with E-state index in [2.05, 4.69) is 20.8 Å². The van der Waals surface area contributed by atoms with E-state index in [0.29, 0.717) is 13.1 Å². The minimum Gasteiger partial charge on any atom is -0.361 e. The van der Waals surface area contributed by atoms with Gasteiger partial charge in [0.1, 0.15) is 0 Å². The largest absolute Gasteiger partial charge is 0.361 e. The first kappa shape index (κ1) is 21.7. The van der Waals surface area contributed by atoms with E-state index >= 15 is 0 Å². The van der Waals surface area contributed by atoms with Crippen LogP contribution in [0.15, 0.2) is 64.7 Å². The summed E-state index contributed by atoms with van der Waals surface area (Å²) in [4.78, 5) is 27.5. The molecule has 0 atom stereocenters. The predicted molar refractivity (Wildman–Crippen MR) is 121 cm³/mol. The van der Waals surface area contributed by atoms with Gasteiger partial charge in [-0.1, -0.05) is 18.2 Å². The number of sulfonamides is 1. The molecule has 9 nitrogen and oxygen atoms in total. The van der Waals surface area contributed by atoms with Crippen LogP contribution in [-0.2, 0) is 14.8 Å². The van der Waals surface area contributed by atoms with Crippen LogP contribution in [0.4, 0.5) is 0 Å². The molecule has 0 bridgehead atoms. The third-order valence-electron chi connectivity index (χ3n) is 5.24. The Morgan fingerprint density at radius 1 is 1.06 bits per heavy atom. The first-order valence-electron chi connectivity index (χ1n) is 10.2. The SMILES string of the molecule is O=C(CNC(=O)c1ccc(S(=O)(=O)N2CCCC2)cc1)NN=Cc1c[nH]c2ccccc12. The highest BCUT2D eigenvalue weighted by Crippen LogP contribution is 2.21. The maximum absolute atomic E-state index is 12.5. The Morgan fingerprint density at radius 2 is 1.78 bits per heavy atom. The lowest BCUT2D eigenvalue weighted by Crippen LogP contribution is -2.35. The second-order valence-electron chi connectivity index (χ2n) is 7.40. The van der Waals surface area contributed by atoms with E-state index in [1.165, 1.54) is 34.8 Å². The number of benzene rings is 2. The van der Waals surface area contributed by atoms with Gasteiger partial charge >= 0.3 is 0 Å². The number of hydrogen-bond acceptors (Lipinski definition) is 5. The second-order valence-corrected chi connectivity index (χ2v) is 9.34. The normalized spacial score (nSPS) is 14.8. The number of fused-ring (bicyclic) bond motifs is 1. The van der Waals surface area contributed by atoms with E-state index < -0.39 is 21.8 Å². The lowest BCUT2D eigenvalue weighted by Gasteiger charge is -2.15. The Hall–Kier alpha value is -3.50. The van der Waals surface area contributed by atoms with Crippen LogP contribution in [0.1, 0.15) is 28.8 Å². The third-order valence-corrected chi connectivity index (χ3v) is 7.16. The Balaban J connectivity index is 1.29. The fourth-order valence-corrected chi connectivity index (χ4v) is 5.05. The number of hydrogen-bond donors (Lipinski definition) is 3. The van der Waals surface area contributed by atoms with Crippen molar-refractivity contribution < 1.29 is 18.0 Å². The number of carbonyl (C=O) groups is 2. The minimum atomic E-state index is -3.53. The first-order chi connectivity index (χ1) is 15.4. The first-order valence-corrected chi connectivity index (χ1v) is 11.7. The van der Waals surface area contributed by atoms with Crippen LogP contribution < -0.4 is 10.7 Å². The molecule has 32 heavy (non-hydrogen) atoms. The van der Waals surface area contributed by atoms with Gasteiger partial charge in [0, 0.05) is 41.3 Å². The molecular formula is C22H23N5O4S. The molecule has 1 aromatic heterocycles. The zero-order chi connectivity index (χ0) is 22.6. The van der Waals surface area contributed by atoms with E-state index in [1.54, 1.807) is 6.20 Å². The van der Waals surface area contributed by atoms with Gasteiger partial charge in [-0.05, 0) is 43.2 Å². The van der Waals surface area contributed by atoms with Crippen LogP contribution in [0.5, 0.6) is 0 Å². The molecule has 166 valence electrons. The topological polar surface area (TPSA) is 124 Å². The third kappa shape index (κ3) is 4.71. The van der Waals surface area contributed by atoms with Crippen LogP contribution in [0.2, 0.25) is 0 Å². The van der Waals surface area contributed by atoms with Crippen molar-refractivity contribution in [2.75, 3.05) is 19.6 Å². The van der Waals surface area contributed by atoms with Crippen molar-refractivity contribution in [1.82, 2.24) is 20.0 Å². The summed E-state index contributed by atoms with van der Waals surface area (Å²) in [7, 11) is -3.53. The standard InChI is InChI=1S/C22H23N5O4S/c28-21(26-25-14-17-13-23-20-6-2-1-5-19(17)20)15-24-22(29)16-7-9-18(10-8-16)32(30,31)27-11-3-4-12-27/h1-2,5-10,13-14,23H,3-4,11-12,15H2,(H,24,29)(H,26,28). The molecule has 0 spiro atoms. The number of aromatic nitrogens is 1. The summed E-state index contributed by atoms with van der Waals surface area (Å²) >= 11 is 0. The molecule has 0 radical (unpaired) electrons. The molecular weight excluding hydrogens is 430 g/mol. The zero-order valence-electron chi connectivity index (χ0n) is 17.2. The Morgan fingerprint density at radius 3 is 2.53 bits per heavy atom. The second kappa shape index (κ2) is 9.33. The number of rotatable bonds is 7. The van der Waals surface area contributed by atoms with E-state index in [-0.39, 0.29) is 17.0 Å². The molecule has 2 amide bonds. The van der Waals surface area contributed by atoms with Crippen molar-refractivity contribution in [2.45, 2.75) is 17.7 Å². The van der Waals surface area contributed by atoms with Gasteiger partial charge in [0.2, 0.25) is 10.0 Å². The summed E-state index contributed by atoms with van der Waals surface area (Å²) in [5.74, 6) is -0.964. The highest BCUT2D eigenvalue weighted by atomic mass is 32.2. The smallest absolute Gasteiger partial charge is 0.259 e. The van der Waals surface area contributed by atoms with Crippen molar-refractivity contribution in [3.05, 3.63) is 65.9 Å². The van der Waals surface area contributed by atoms with Crippen molar-refractivity contribution >= 4 is 39.0 Å². The lowest BCUT2D eigenvalue weighted by molar-refractivity contribution is -0.120. The van der Waals surface area contributed by atoms with E-state index in [0.717, 1.165) is 29.3 Å². The molecule has 3 aromatic rings. The summed E-state index contributed by atoms with van der Waals surface area (Å²) < 4.78 is 26.5. The molecule has 2 heterocycles. The molecule has 1 fully saturated rings. The lowest BCUT2D eigenvalue weighted by atomic mass is 10.2. The molecule has 3 N–H and O–H groups in total. The van der Waals surface area contributed by atoms with Crippen molar-refractivity contribution in [3.63, 3.8) is 0 Å². The maximum Gasteiger partial charge on any atom is 0.259 e. The Kier molecular flexibility index (Phi) is 6.33. The molecule has 1 aliphatic rings. The molecule has 2 aromatic carbocycles. The molecule has 1 saturated heterocycles. The summed E-state index contributed by atoms with van der Waals surface area (Å²) in [6, 6.07) is 13.4. The average Bonchev–Trinajstić information content (AvgIpc) is 3.49. The minimum absolute atomic E-state index is 0.153. The maximum atomic E-state index is 12.5. The number of H-pyrrole nitrogens is 1. The van der Waals surface area contributed by atoms with Gasteiger partial charge in [0.25, 0.3) is 11.8 Å². The summed E-state index contributed by atoms with van der Waals surface area (Å²) in [6.07, 6.45) is 5.02. The zero-order valence-corrected chi connectivity index (χ0v) is 18.1. The Labute approximate surface area is 185 Å². The van der Waals surface area contributed by atoms with Crippen LogP contribution >= 0.6 is 0 Å². The van der Waals surface area contributed by atoms with Crippen molar-refractivity contribution in [1.29, 1.82) is 0 Å². The summed E-state index contributed by atoms with van der Waals surface area (Å²) in [5, 5.41) is 7.40. The predicted octanol–water partition coefficient (Wildman–Crippen LogP) is 1.83. The monoisotopic (exact) mass is 453 g/mol. The van der Waals surface area contributed by atoms with Gasteiger partial charge in [-0.25, -0.2) is 13.8 Å². The fourth-order valence-electron chi connectivity index (χ4n) is 3.53. The number of nitrogens with one attached hydrogen (secondary N) is 3. The molecule has 4 rings (SSSR count). The molecule has 0 saturated carbocycles. The molecule has 0 aliphatic carbocycles. The van der Waals surface area contributed by atoms with Gasteiger partial charge in [0.05, 0.1) is 17.7 Å². The highest BCUT2D eigenvalue weighted by Gasteiger charge is 2.27. The van der Waals surface area contributed by atoms with Crippen LogP contribution in [-0.4, -0.2) is 55.4 Å². The van der Waals surface area contributed by atoms with Gasteiger partial charge in [-0.15, -0.1) is 0 Å². The number of amides is 2. The quantitative estimate of drug-likeness (QED) is 0.373. The average molecular weight is 454 g/mol. The van der Waals surface area contributed by atoms with Gasteiger partial charge in [0.15, 0.2) is 0 Å². The molecule has 0 unspecified atom stereocenters. The summed E-state index contributed by atoms with van der Waals surface area (Å²) in [6.45, 7) is 0.767. The number of para-hydroxylation sites is 1. The van der Waals surface area contributed by atoms with Gasteiger partial charge < -0.3 is 10.3 Å². The van der Waals surface area contributed by atoms with Crippen molar-refractivity contribution in [2.24, 2.45) is 5.10 Å². The van der Waals surface area contributed by atoms with Crippen LogP contribution in [0.25, 0.3) is 10.9 Å². The Bertz CT molecular complexity index is 1260. The van der Waals surface area contributed by atoms with E-state index in [4.69, 9.17) is 0 Å². The number of aromatic amines is 1. The van der Waals surface area contributed by atoms with Crippen molar-refractivity contribution in [3.8, 4) is 0 Å². The van der Waals surface area contributed by atoms with Crippen LogP contribution in [0.3, 0.4) is 0 Å². The van der Waals surface area contributed by atoms with Gasteiger partial charge in [-0.3, -0.25) is 9.59 Å². The van der Waals surface area contributed by atoms with E-state index in [1.807, 2.05) is 24.3 Å². The number of nitrogens with zero attached hydrogens (tertiary/aromatic N) is 2. The summed E-state index contributed by atoms with van der Waals surface area (Å²) in [5.41, 5.74) is 4.43.